The Kier molecular flexibility index (Phi) is 42.7. The first-order chi connectivity index (χ1) is 30.1. The number of esters is 1. The molecule has 358 valence electrons. The van der Waals surface area contributed by atoms with Crippen LogP contribution in [-0.2, 0) is 32.7 Å². The summed E-state index contributed by atoms with van der Waals surface area (Å²) in [5.74, 6) is -2.40. The summed E-state index contributed by atoms with van der Waals surface area (Å²) >= 11 is 0. The van der Waals surface area contributed by atoms with Gasteiger partial charge in [0.1, 0.15) is 12.7 Å². The van der Waals surface area contributed by atoms with Crippen LogP contribution in [0.25, 0.3) is 0 Å². The first kappa shape index (κ1) is 59.2. The lowest BCUT2D eigenvalue weighted by Gasteiger charge is -2.18. The van der Waals surface area contributed by atoms with E-state index in [2.05, 4.69) is 79.9 Å². The first-order valence-electron chi connectivity index (χ1n) is 24.3. The number of aliphatic hydroxyl groups excluding tert-OH is 1. The van der Waals surface area contributed by atoms with Gasteiger partial charge in [-0.3, -0.25) is 18.6 Å². The van der Waals surface area contributed by atoms with Crippen LogP contribution in [0.3, 0.4) is 0 Å². The van der Waals surface area contributed by atoms with Crippen molar-refractivity contribution < 1.29 is 47.8 Å². The quantitative estimate of drug-likeness (QED) is 0.0200. The van der Waals surface area contributed by atoms with E-state index in [-0.39, 0.29) is 12.8 Å². The van der Waals surface area contributed by atoms with E-state index in [1.165, 1.54) is 77.0 Å². The maximum Gasteiger partial charge on any atom is 0.472 e. The molecule has 11 nitrogen and oxygen atoms in total. The number of amides is 1. The predicted octanol–water partition coefficient (Wildman–Crippen LogP) is 13.1. The van der Waals surface area contributed by atoms with Crippen LogP contribution in [0.5, 0.6) is 0 Å². The molecule has 3 atom stereocenters. The number of carboxylic acid groups (broad SMARTS) is 1. The second-order valence-electron chi connectivity index (χ2n) is 16.3. The van der Waals surface area contributed by atoms with Crippen LogP contribution in [-0.4, -0.2) is 64.9 Å². The van der Waals surface area contributed by atoms with Gasteiger partial charge in [-0.15, -0.1) is 0 Å². The van der Waals surface area contributed by atoms with Gasteiger partial charge in [-0.1, -0.05) is 171 Å². The Morgan fingerprint density at radius 1 is 0.516 bits per heavy atom. The minimum absolute atomic E-state index is 0.133. The van der Waals surface area contributed by atoms with Gasteiger partial charge in [0.2, 0.25) is 5.91 Å². The monoisotopic (exact) mass is 894 g/mol. The molecule has 4 N–H and O–H groups in total. The van der Waals surface area contributed by atoms with E-state index >= 15 is 0 Å². The SMILES string of the molecule is CCCCC/C=C\C/C=C\C/C=C\C/C=C\CCCCCCCCCC(=O)OCC(O)COP(=O)(O)OCC(NC(=O)CCCCCCC/C=C\CCCCCCCC)C(=O)O. The summed E-state index contributed by atoms with van der Waals surface area (Å²) < 4.78 is 26.9. The summed E-state index contributed by atoms with van der Waals surface area (Å²) in [4.78, 5) is 46.0. The fraction of sp³-hybridized carbons (Fsp3) is 0.740. The molecule has 0 aromatic heterocycles. The van der Waals surface area contributed by atoms with Crippen molar-refractivity contribution in [2.24, 2.45) is 0 Å². The highest BCUT2D eigenvalue weighted by atomic mass is 31.2. The second kappa shape index (κ2) is 44.8. The molecule has 0 aromatic carbocycles. The van der Waals surface area contributed by atoms with Gasteiger partial charge in [0.25, 0.3) is 0 Å². The van der Waals surface area contributed by atoms with Crippen LogP contribution in [0, 0.1) is 0 Å². The zero-order valence-corrected chi connectivity index (χ0v) is 39.8. The Balaban J connectivity index is 3.88. The number of phosphoric ester groups is 1. The molecule has 0 aromatic rings. The maximum absolute atomic E-state index is 12.3. The summed E-state index contributed by atoms with van der Waals surface area (Å²) in [7, 11) is -4.77. The summed E-state index contributed by atoms with van der Waals surface area (Å²) in [6.07, 6.45) is 52.4. The molecule has 0 heterocycles. The molecule has 0 rings (SSSR count). The molecule has 0 aliphatic heterocycles. The van der Waals surface area contributed by atoms with Crippen molar-refractivity contribution in [3.63, 3.8) is 0 Å². The van der Waals surface area contributed by atoms with Crippen molar-refractivity contribution >= 4 is 25.7 Å². The third kappa shape index (κ3) is 43.8. The molecular weight excluding hydrogens is 806 g/mol. The highest BCUT2D eigenvalue weighted by Gasteiger charge is 2.28. The molecule has 0 bridgehead atoms. The number of phosphoric acid groups is 1. The van der Waals surface area contributed by atoms with E-state index in [1.807, 2.05) is 0 Å². The standard InChI is InChI=1S/C50H88NO10P/c1-3-5-7-9-11-13-15-17-19-20-21-22-23-24-25-26-28-30-32-34-36-38-40-42-49(54)59-43-46(52)44-60-62(57,58)61-45-47(50(55)56)51-48(53)41-39-37-35-33-31-29-27-18-16-14-12-10-8-6-4-2/h11,13,17-19,21-22,24-25,27,46-47,52H,3-10,12,14-16,20,23,26,28-45H2,1-2H3,(H,51,53)(H,55,56)(H,57,58)/b13-11-,19-17-,22-21-,25-24-,27-18-. The number of hydrogen-bond donors (Lipinski definition) is 4. The van der Waals surface area contributed by atoms with Crippen molar-refractivity contribution in [1.29, 1.82) is 0 Å². The average Bonchev–Trinajstić information content (AvgIpc) is 3.25. The number of rotatable bonds is 45. The molecular formula is C50H88NO10P. The number of carbonyl (C=O) groups is 3. The molecule has 0 spiro atoms. The second-order valence-corrected chi connectivity index (χ2v) is 17.7. The molecule has 0 saturated heterocycles. The number of aliphatic carboxylic acids is 1. The summed E-state index contributed by atoms with van der Waals surface area (Å²) in [5, 5.41) is 21.9. The van der Waals surface area contributed by atoms with Crippen LogP contribution in [0.15, 0.2) is 60.8 Å². The minimum atomic E-state index is -4.77. The topological polar surface area (TPSA) is 169 Å². The molecule has 3 unspecified atom stereocenters. The van der Waals surface area contributed by atoms with Gasteiger partial charge in [-0.05, 0) is 83.5 Å². The molecule has 1 amide bonds. The van der Waals surface area contributed by atoms with Gasteiger partial charge in [-0.25, -0.2) is 9.36 Å². The number of carbonyl (C=O) groups excluding carboxylic acids is 2. The van der Waals surface area contributed by atoms with E-state index in [1.54, 1.807) is 0 Å². The number of ether oxygens (including phenoxy) is 1. The van der Waals surface area contributed by atoms with Crippen LogP contribution < -0.4 is 5.32 Å². The molecule has 0 aliphatic rings. The lowest BCUT2D eigenvalue weighted by Crippen LogP contribution is -2.43. The Morgan fingerprint density at radius 3 is 1.37 bits per heavy atom. The molecule has 62 heavy (non-hydrogen) atoms. The molecule has 0 saturated carbocycles. The highest BCUT2D eigenvalue weighted by molar-refractivity contribution is 7.47. The molecule has 0 aliphatic carbocycles. The van der Waals surface area contributed by atoms with E-state index in [0.29, 0.717) is 12.8 Å². The number of allylic oxidation sites excluding steroid dienone is 10. The number of aliphatic hydroxyl groups is 1. The van der Waals surface area contributed by atoms with Crippen molar-refractivity contribution in [3.05, 3.63) is 60.8 Å². The van der Waals surface area contributed by atoms with Gasteiger partial charge in [0, 0.05) is 12.8 Å². The Hall–Kier alpha value is -2.82. The van der Waals surface area contributed by atoms with Crippen molar-refractivity contribution in [2.75, 3.05) is 19.8 Å². The zero-order valence-electron chi connectivity index (χ0n) is 38.9. The third-order valence-electron chi connectivity index (χ3n) is 10.3. The van der Waals surface area contributed by atoms with E-state index in [9.17, 15) is 34.1 Å². The zero-order chi connectivity index (χ0) is 45.6. The summed E-state index contributed by atoms with van der Waals surface area (Å²) in [5.41, 5.74) is 0. The Labute approximate surface area is 376 Å². The average molecular weight is 894 g/mol. The number of nitrogens with one attached hydrogen (secondary N) is 1. The van der Waals surface area contributed by atoms with E-state index in [4.69, 9.17) is 13.8 Å². The van der Waals surface area contributed by atoms with Crippen molar-refractivity contribution in [1.82, 2.24) is 5.32 Å². The smallest absolute Gasteiger partial charge is 0.472 e. The third-order valence-corrected chi connectivity index (χ3v) is 11.2. The number of carboxylic acids is 1. The van der Waals surface area contributed by atoms with Crippen LogP contribution in [0.1, 0.15) is 206 Å². The minimum Gasteiger partial charge on any atom is -0.480 e. The molecule has 0 fully saturated rings. The van der Waals surface area contributed by atoms with E-state index in [0.717, 1.165) is 89.9 Å². The van der Waals surface area contributed by atoms with E-state index < -0.39 is 57.6 Å². The Morgan fingerprint density at radius 2 is 0.887 bits per heavy atom. The summed E-state index contributed by atoms with van der Waals surface area (Å²) in [6, 6.07) is -1.55. The predicted molar refractivity (Wildman–Crippen MR) is 254 cm³/mol. The van der Waals surface area contributed by atoms with Crippen molar-refractivity contribution in [2.45, 2.75) is 219 Å². The van der Waals surface area contributed by atoms with Gasteiger partial charge >= 0.3 is 19.8 Å². The normalized spacial score (nSPS) is 14.1. The van der Waals surface area contributed by atoms with Gasteiger partial charge in [-0.2, -0.15) is 0 Å². The summed E-state index contributed by atoms with van der Waals surface area (Å²) in [6.45, 7) is 2.55. The maximum atomic E-state index is 12.3. The molecule has 0 radical (unpaired) electrons. The lowest BCUT2D eigenvalue weighted by atomic mass is 10.1. The lowest BCUT2D eigenvalue weighted by molar-refractivity contribution is -0.147. The van der Waals surface area contributed by atoms with Gasteiger partial charge in [0.15, 0.2) is 6.04 Å². The van der Waals surface area contributed by atoms with Crippen LogP contribution >= 0.6 is 7.82 Å². The molecule has 12 heteroatoms. The van der Waals surface area contributed by atoms with Crippen LogP contribution in [0.4, 0.5) is 0 Å². The van der Waals surface area contributed by atoms with Crippen LogP contribution in [0.2, 0.25) is 0 Å². The first-order valence-corrected chi connectivity index (χ1v) is 25.8. The van der Waals surface area contributed by atoms with Gasteiger partial charge < -0.3 is 25.2 Å². The highest BCUT2D eigenvalue weighted by Crippen LogP contribution is 2.43. The van der Waals surface area contributed by atoms with Gasteiger partial charge in [0.05, 0.1) is 13.2 Å². The largest absolute Gasteiger partial charge is 0.480 e. The fourth-order valence-electron chi connectivity index (χ4n) is 6.47. The fourth-order valence-corrected chi connectivity index (χ4v) is 7.24. The number of unbranched alkanes of at least 4 members (excludes halogenated alkanes) is 21. The van der Waals surface area contributed by atoms with Crippen molar-refractivity contribution in [3.8, 4) is 0 Å². The number of hydrogen-bond acceptors (Lipinski definition) is 8. The Bertz CT molecular complexity index is 1280.